The Morgan fingerprint density at radius 2 is 1.94 bits per heavy atom. The lowest BCUT2D eigenvalue weighted by atomic mass is 10.0. The number of hydrogen-bond acceptors (Lipinski definition) is 5. The Labute approximate surface area is 92.6 Å². The third-order valence-corrected chi connectivity index (χ3v) is 2.62. The van der Waals surface area contributed by atoms with Crippen molar-refractivity contribution in [2.24, 2.45) is 15.9 Å². The fourth-order valence-electron chi connectivity index (χ4n) is 1.75. The van der Waals surface area contributed by atoms with Crippen LogP contribution in [0.2, 0.25) is 0 Å². The van der Waals surface area contributed by atoms with Gasteiger partial charge in [0.05, 0.1) is 5.71 Å². The number of ether oxygens (including phenoxy) is 2. The van der Waals surface area contributed by atoms with Crippen molar-refractivity contribution < 1.29 is 9.47 Å². The van der Waals surface area contributed by atoms with Crippen LogP contribution < -0.4 is 15.2 Å². The average Bonchev–Trinajstić information content (AvgIpc) is 2.77. The molecule has 5 heteroatoms. The summed E-state index contributed by atoms with van der Waals surface area (Å²) in [6.45, 7) is 0.288. The normalized spacial score (nSPS) is 18.0. The maximum atomic E-state index is 5.56. The third kappa shape index (κ3) is 1.50. The molecule has 0 fully saturated rings. The summed E-state index contributed by atoms with van der Waals surface area (Å²) in [5.41, 5.74) is 7.52. The van der Waals surface area contributed by atoms with Crippen molar-refractivity contribution in [1.82, 2.24) is 0 Å². The Balaban J connectivity index is 1.96. The van der Waals surface area contributed by atoms with E-state index < -0.39 is 0 Å². The fourth-order valence-corrected chi connectivity index (χ4v) is 1.75. The SMILES string of the molecule is NC1=NN=C(c2ccc3c(c2)OCO3)CC1. The summed E-state index contributed by atoms with van der Waals surface area (Å²) >= 11 is 0. The minimum absolute atomic E-state index is 0.288. The van der Waals surface area contributed by atoms with Crippen LogP contribution in [0, 0.1) is 0 Å². The molecule has 2 N–H and O–H groups in total. The molecule has 1 aromatic carbocycles. The van der Waals surface area contributed by atoms with Crippen molar-refractivity contribution in [1.29, 1.82) is 0 Å². The molecule has 2 heterocycles. The van der Waals surface area contributed by atoms with Crippen molar-refractivity contribution in [2.45, 2.75) is 12.8 Å². The smallest absolute Gasteiger partial charge is 0.231 e. The van der Waals surface area contributed by atoms with E-state index in [2.05, 4.69) is 10.2 Å². The van der Waals surface area contributed by atoms with Crippen LogP contribution in [0.5, 0.6) is 11.5 Å². The lowest BCUT2D eigenvalue weighted by molar-refractivity contribution is 0.174. The van der Waals surface area contributed by atoms with E-state index >= 15 is 0 Å². The molecule has 0 amide bonds. The first-order valence-electron chi connectivity index (χ1n) is 5.12. The van der Waals surface area contributed by atoms with Crippen LogP contribution in [0.15, 0.2) is 28.4 Å². The Bertz CT molecular complexity index is 494. The topological polar surface area (TPSA) is 69.2 Å². The van der Waals surface area contributed by atoms with E-state index in [9.17, 15) is 0 Å². The van der Waals surface area contributed by atoms with E-state index in [0.717, 1.165) is 35.6 Å². The molecule has 0 saturated heterocycles. The van der Waals surface area contributed by atoms with E-state index in [0.29, 0.717) is 5.84 Å². The van der Waals surface area contributed by atoms with Gasteiger partial charge < -0.3 is 15.2 Å². The number of benzene rings is 1. The van der Waals surface area contributed by atoms with Gasteiger partial charge in [0.1, 0.15) is 5.84 Å². The van der Waals surface area contributed by atoms with E-state index in [1.807, 2.05) is 18.2 Å². The zero-order chi connectivity index (χ0) is 11.0. The second kappa shape index (κ2) is 3.52. The second-order valence-corrected chi connectivity index (χ2v) is 3.71. The number of rotatable bonds is 1. The maximum absolute atomic E-state index is 5.56. The van der Waals surface area contributed by atoms with E-state index in [4.69, 9.17) is 15.2 Å². The van der Waals surface area contributed by atoms with Gasteiger partial charge in [-0.25, -0.2) is 0 Å². The highest BCUT2D eigenvalue weighted by Gasteiger charge is 2.16. The number of nitrogens with two attached hydrogens (primary N) is 1. The molecule has 16 heavy (non-hydrogen) atoms. The first-order valence-corrected chi connectivity index (χ1v) is 5.12. The summed E-state index contributed by atoms with van der Waals surface area (Å²) < 4.78 is 10.6. The van der Waals surface area contributed by atoms with Crippen molar-refractivity contribution in [3.63, 3.8) is 0 Å². The molecule has 0 aliphatic carbocycles. The van der Waals surface area contributed by atoms with Gasteiger partial charge in [-0.2, -0.15) is 5.10 Å². The first-order chi connectivity index (χ1) is 7.83. The number of hydrogen-bond donors (Lipinski definition) is 1. The zero-order valence-electron chi connectivity index (χ0n) is 8.64. The van der Waals surface area contributed by atoms with Crippen LogP contribution in [0.4, 0.5) is 0 Å². The van der Waals surface area contributed by atoms with Gasteiger partial charge >= 0.3 is 0 Å². The van der Waals surface area contributed by atoms with E-state index in [-0.39, 0.29) is 6.79 Å². The van der Waals surface area contributed by atoms with E-state index in [1.165, 1.54) is 0 Å². The Hall–Kier alpha value is -2.04. The second-order valence-electron chi connectivity index (χ2n) is 3.71. The molecule has 0 unspecified atom stereocenters. The molecule has 82 valence electrons. The minimum Gasteiger partial charge on any atom is -0.454 e. The minimum atomic E-state index is 0.288. The third-order valence-electron chi connectivity index (χ3n) is 2.62. The standard InChI is InChI=1S/C11H11N3O2/c12-11-4-2-8(13-14-11)7-1-3-9-10(5-7)16-6-15-9/h1,3,5H,2,4,6H2,(H2,12,14). The van der Waals surface area contributed by atoms with Crippen molar-refractivity contribution in [3.05, 3.63) is 23.8 Å². The van der Waals surface area contributed by atoms with E-state index in [1.54, 1.807) is 0 Å². The lowest BCUT2D eigenvalue weighted by Crippen LogP contribution is -2.17. The molecule has 2 aliphatic heterocycles. The van der Waals surface area contributed by atoms with Gasteiger partial charge in [-0.3, -0.25) is 0 Å². The summed E-state index contributed by atoms with van der Waals surface area (Å²) in [5, 5.41) is 7.98. The zero-order valence-corrected chi connectivity index (χ0v) is 8.64. The molecule has 0 radical (unpaired) electrons. The predicted molar refractivity (Wildman–Crippen MR) is 60.0 cm³/mol. The van der Waals surface area contributed by atoms with Gasteiger partial charge in [0.2, 0.25) is 6.79 Å². The van der Waals surface area contributed by atoms with Gasteiger partial charge in [-0.1, -0.05) is 0 Å². The highest BCUT2D eigenvalue weighted by molar-refractivity contribution is 6.04. The van der Waals surface area contributed by atoms with Crippen LogP contribution in [0.3, 0.4) is 0 Å². The lowest BCUT2D eigenvalue weighted by Gasteiger charge is -2.09. The van der Waals surface area contributed by atoms with Gasteiger partial charge in [0.15, 0.2) is 11.5 Å². The van der Waals surface area contributed by atoms with Crippen LogP contribution in [0.1, 0.15) is 18.4 Å². The number of nitrogens with zero attached hydrogens (tertiary/aromatic N) is 2. The number of amidine groups is 1. The Morgan fingerprint density at radius 1 is 1.06 bits per heavy atom. The fraction of sp³-hybridized carbons (Fsp3) is 0.273. The van der Waals surface area contributed by atoms with Crippen LogP contribution >= 0.6 is 0 Å². The summed E-state index contributed by atoms with van der Waals surface area (Å²) in [5.74, 6) is 2.13. The summed E-state index contributed by atoms with van der Waals surface area (Å²) in [7, 11) is 0. The summed E-state index contributed by atoms with van der Waals surface area (Å²) in [4.78, 5) is 0. The summed E-state index contributed by atoms with van der Waals surface area (Å²) in [6.07, 6.45) is 1.57. The largest absolute Gasteiger partial charge is 0.454 e. The van der Waals surface area contributed by atoms with Crippen LogP contribution in [0.25, 0.3) is 0 Å². The highest BCUT2D eigenvalue weighted by Crippen LogP contribution is 2.33. The number of fused-ring (bicyclic) bond motifs is 1. The first kappa shape index (κ1) is 9.21. The van der Waals surface area contributed by atoms with Crippen molar-refractivity contribution in [2.75, 3.05) is 6.79 Å². The van der Waals surface area contributed by atoms with Gasteiger partial charge in [-0.05, 0) is 24.6 Å². The molecule has 2 aliphatic rings. The molecular weight excluding hydrogens is 206 g/mol. The molecular formula is C11H11N3O2. The Kier molecular flexibility index (Phi) is 2.02. The van der Waals surface area contributed by atoms with Gasteiger partial charge in [0, 0.05) is 12.0 Å². The maximum Gasteiger partial charge on any atom is 0.231 e. The average molecular weight is 217 g/mol. The molecule has 3 rings (SSSR count). The van der Waals surface area contributed by atoms with Gasteiger partial charge in [-0.15, -0.1) is 5.10 Å². The van der Waals surface area contributed by atoms with Crippen molar-refractivity contribution in [3.8, 4) is 11.5 Å². The molecule has 0 spiro atoms. The predicted octanol–water partition coefficient (Wildman–Crippen LogP) is 1.27. The van der Waals surface area contributed by atoms with Crippen molar-refractivity contribution >= 4 is 11.5 Å². The summed E-state index contributed by atoms with van der Waals surface area (Å²) in [6, 6.07) is 5.78. The van der Waals surface area contributed by atoms with Crippen LogP contribution in [-0.4, -0.2) is 18.3 Å². The molecule has 5 nitrogen and oxygen atoms in total. The Morgan fingerprint density at radius 3 is 2.75 bits per heavy atom. The molecule has 0 aromatic heterocycles. The molecule has 1 aromatic rings. The molecule has 0 saturated carbocycles. The quantitative estimate of drug-likeness (QED) is 0.770. The van der Waals surface area contributed by atoms with Gasteiger partial charge in [0.25, 0.3) is 0 Å². The van der Waals surface area contributed by atoms with Crippen LogP contribution in [-0.2, 0) is 0 Å². The monoisotopic (exact) mass is 217 g/mol. The molecule has 0 bridgehead atoms. The molecule has 0 atom stereocenters. The highest BCUT2D eigenvalue weighted by atomic mass is 16.7.